The van der Waals surface area contributed by atoms with Crippen LogP contribution in [-0.2, 0) is 5.54 Å². The fourth-order valence-electron chi connectivity index (χ4n) is 2.82. The van der Waals surface area contributed by atoms with Crippen molar-refractivity contribution >= 4 is 11.6 Å². The molecule has 0 aromatic heterocycles. The molecule has 0 unspecified atom stereocenters. The van der Waals surface area contributed by atoms with Gasteiger partial charge >= 0.3 is 0 Å². The predicted octanol–water partition coefficient (Wildman–Crippen LogP) is 3.61. The monoisotopic (exact) mass is 287 g/mol. The highest BCUT2D eigenvalue weighted by Crippen LogP contribution is 2.47. The molecule has 1 aromatic rings. The molecule has 1 aliphatic rings. The maximum atomic E-state index is 13.9. The van der Waals surface area contributed by atoms with E-state index in [1.54, 1.807) is 0 Å². The number of rotatable bonds is 3. The number of ether oxygens (including phenoxy) is 2. The van der Waals surface area contributed by atoms with Crippen LogP contribution in [0.25, 0.3) is 0 Å². The number of nitrogens with two attached hydrogens (primary N) is 1. The van der Waals surface area contributed by atoms with Gasteiger partial charge in [-0.1, -0.05) is 30.9 Å². The zero-order valence-corrected chi connectivity index (χ0v) is 12.0. The fourth-order valence-corrected chi connectivity index (χ4v) is 3.15. The van der Waals surface area contributed by atoms with Crippen molar-refractivity contribution < 1.29 is 13.9 Å². The summed E-state index contributed by atoms with van der Waals surface area (Å²) < 4.78 is 24.5. The summed E-state index contributed by atoms with van der Waals surface area (Å²) in [6.07, 6.45) is 4.71. The van der Waals surface area contributed by atoms with Crippen LogP contribution in [-0.4, -0.2) is 14.2 Å². The lowest BCUT2D eigenvalue weighted by Gasteiger charge is -2.36. The Kier molecular flexibility index (Phi) is 4.21. The predicted molar refractivity (Wildman–Crippen MR) is 73.5 cm³/mol. The van der Waals surface area contributed by atoms with E-state index in [-0.39, 0.29) is 5.02 Å². The second-order valence-corrected chi connectivity index (χ2v) is 5.38. The molecule has 1 aliphatic carbocycles. The molecule has 0 spiro atoms. The highest BCUT2D eigenvalue weighted by atomic mass is 35.5. The first-order chi connectivity index (χ1) is 9.03. The molecule has 1 saturated carbocycles. The van der Waals surface area contributed by atoms with Crippen molar-refractivity contribution in [3.63, 3.8) is 0 Å². The Morgan fingerprint density at radius 1 is 1.21 bits per heavy atom. The van der Waals surface area contributed by atoms with Crippen molar-refractivity contribution in [2.75, 3.05) is 14.2 Å². The van der Waals surface area contributed by atoms with Gasteiger partial charge in [-0.15, -0.1) is 0 Å². The van der Waals surface area contributed by atoms with Crippen LogP contribution in [0.4, 0.5) is 4.39 Å². The molecule has 0 aliphatic heterocycles. The van der Waals surface area contributed by atoms with Crippen molar-refractivity contribution in [2.45, 2.75) is 37.6 Å². The summed E-state index contributed by atoms with van der Waals surface area (Å²) in [5.74, 6) is 0.248. The number of halogens is 2. The van der Waals surface area contributed by atoms with Crippen LogP contribution in [0.2, 0.25) is 5.02 Å². The molecule has 2 N–H and O–H groups in total. The smallest absolute Gasteiger partial charge is 0.167 e. The van der Waals surface area contributed by atoms with Crippen molar-refractivity contribution in [1.29, 1.82) is 0 Å². The third kappa shape index (κ3) is 2.51. The molecule has 1 aromatic carbocycles. The Morgan fingerprint density at radius 3 is 2.37 bits per heavy atom. The van der Waals surface area contributed by atoms with Crippen LogP contribution in [0.15, 0.2) is 6.07 Å². The van der Waals surface area contributed by atoms with E-state index in [1.807, 2.05) is 0 Å². The molecule has 1 fully saturated rings. The molecule has 19 heavy (non-hydrogen) atoms. The van der Waals surface area contributed by atoms with Crippen LogP contribution in [0.1, 0.15) is 37.7 Å². The Morgan fingerprint density at radius 2 is 1.84 bits per heavy atom. The van der Waals surface area contributed by atoms with Crippen molar-refractivity contribution in [1.82, 2.24) is 0 Å². The lowest BCUT2D eigenvalue weighted by atomic mass is 9.77. The van der Waals surface area contributed by atoms with Gasteiger partial charge in [-0.05, 0) is 12.8 Å². The minimum absolute atomic E-state index is 0.0436. The molecule has 3 nitrogen and oxygen atoms in total. The van der Waals surface area contributed by atoms with E-state index in [9.17, 15) is 4.39 Å². The normalized spacial score (nSPS) is 18.2. The van der Waals surface area contributed by atoms with Gasteiger partial charge in [-0.2, -0.15) is 0 Å². The Labute approximate surface area is 117 Å². The van der Waals surface area contributed by atoms with Gasteiger partial charge in [0.1, 0.15) is 5.82 Å². The Bertz CT molecular complexity index is 473. The summed E-state index contributed by atoms with van der Waals surface area (Å²) >= 11 is 6.14. The average molecular weight is 288 g/mol. The molecule has 106 valence electrons. The largest absolute Gasteiger partial charge is 0.493 e. The number of benzene rings is 1. The highest BCUT2D eigenvalue weighted by Gasteiger charge is 2.36. The van der Waals surface area contributed by atoms with Crippen LogP contribution in [0.3, 0.4) is 0 Å². The van der Waals surface area contributed by atoms with E-state index in [0.29, 0.717) is 17.1 Å². The minimum Gasteiger partial charge on any atom is -0.493 e. The minimum atomic E-state index is -0.643. The molecule has 0 saturated heterocycles. The zero-order chi connectivity index (χ0) is 14.0. The topological polar surface area (TPSA) is 44.5 Å². The van der Waals surface area contributed by atoms with Crippen molar-refractivity contribution in [3.05, 3.63) is 22.5 Å². The Hall–Kier alpha value is -1.00. The molecule has 2 rings (SSSR count). The lowest BCUT2D eigenvalue weighted by molar-refractivity contribution is 0.280. The summed E-state index contributed by atoms with van der Waals surface area (Å²) in [6.45, 7) is 0. The first-order valence-electron chi connectivity index (χ1n) is 6.43. The Balaban J connectivity index is 2.62. The fraction of sp³-hybridized carbons (Fsp3) is 0.571. The van der Waals surface area contributed by atoms with E-state index in [1.165, 1.54) is 20.3 Å². The van der Waals surface area contributed by atoms with Gasteiger partial charge < -0.3 is 15.2 Å². The summed E-state index contributed by atoms with van der Waals surface area (Å²) in [4.78, 5) is 0. The van der Waals surface area contributed by atoms with Gasteiger partial charge in [0.05, 0.1) is 19.2 Å². The van der Waals surface area contributed by atoms with Crippen LogP contribution in [0.5, 0.6) is 11.5 Å². The third-order valence-electron chi connectivity index (χ3n) is 3.81. The van der Waals surface area contributed by atoms with E-state index < -0.39 is 11.4 Å². The van der Waals surface area contributed by atoms with E-state index in [0.717, 1.165) is 32.1 Å². The average Bonchev–Trinajstić information content (AvgIpc) is 2.41. The molecule has 0 heterocycles. The van der Waals surface area contributed by atoms with Crippen LogP contribution in [0, 0.1) is 5.82 Å². The summed E-state index contributed by atoms with van der Waals surface area (Å²) in [5.41, 5.74) is 6.36. The van der Waals surface area contributed by atoms with Gasteiger partial charge in [0.15, 0.2) is 11.5 Å². The lowest BCUT2D eigenvalue weighted by Crippen LogP contribution is -2.39. The second kappa shape index (κ2) is 5.55. The first kappa shape index (κ1) is 14.4. The maximum Gasteiger partial charge on any atom is 0.167 e. The van der Waals surface area contributed by atoms with Crippen LogP contribution >= 0.6 is 11.6 Å². The zero-order valence-electron chi connectivity index (χ0n) is 11.3. The number of methoxy groups -OCH3 is 2. The summed E-state index contributed by atoms with van der Waals surface area (Å²) in [5, 5.41) is 0.0436. The molecule has 0 amide bonds. The van der Waals surface area contributed by atoms with Gasteiger partial charge in [-0.3, -0.25) is 0 Å². The standard InChI is InChI=1S/C14H19ClFNO2/c1-18-10-8-9(16)12(15)11(13(10)19-2)14(17)6-4-3-5-7-14/h8H,3-7,17H2,1-2H3. The first-order valence-corrected chi connectivity index (χ1v) is 6.80. The van der Waals surface area contributed by atoms with E-state index in [4.69, 9.17) is 26.8 Å². The second-order valence-electron chi connectivity index (χ2n) is 5.00. The van der Waals surface area contributed by atoms with Crippen molar-refractivity contribution in [3.8, 4) is 11.5 Å². The SMILES string of the molecule is COc1cc(F)c(Cl)c(C2(N)CCCCC2)c1OC. The maximum absolute atomic E-state index is 13.9. The summed E-state index contributed by atoms with van der Waals surface area (Å²) in [7, 11) is 2.99. The number of hydrogen-bond donors (Lipinski definition) is 1. The van der Waals surface area contributed by atoms with Crippen molar-refractivity contribution in [2.24, 2.45) is 5.73 Å². The van der Waals surface area contributed by atoms with Gasteiger partial charge in [0.2, 0.25) is 0 Å². The quantitative estimate of drug-likeness (QED) is 0.923. The highest BCUT2D eigenvalue weighted by molar-refractivity contribution is 6.32. The molecule has 0 atom stereocenters. The molecule has 0 radical (unpaired) electrons. The molecule has 0 bridgehead atoms. The van der Waals surface area contributed by atoms with Crippen LogP contribution < -0.4 is 15.2 Å². The van der Waals surface area contributed by atoms with Gasteiger partial charge in [0.25, 0.3) is 0 Å². The number of hydrogen-bond acceptors (Lipinski definition) is 3. The van der Waals surface area contributed by atoms with E-state index in [2.05, 4.69) is 0 Å². The van der Waals surface area contributed by atoms with E-state index >= 15 is 0 Å². The van der Waals surface area contributed by atoms with Gasteiger partial charge in [-0.25, -0.2) is 4.39 Å². The third-order valence-corrected chi connectivity index (χ3v) is 4.18. The molecular weight excluding hydrogens is 269 g/mol. The molecular formula is C14H19ClFNO2. The van der Waals surface area contributed by atoms with Gasteiger partial charge in [0, 0.05) is 17.2 Å². The summed E-state index contributed by atoms with van der Waals surface area (Å²) in [6, 6.07) is 1.23. The molecule has 5 heteroatoms.